The first kappa shape index (κ1) is 21.2. The summed E-state index contributed by atoms with van der Waals surface area (Å²) in [6, 6.07) is 11.4. The van der Waals surface area contributed by atoms with Crippen LogP contribution in [-0.4, -0.2) is 61.3 Å². The number of fused-ring (bicyclic) bond motifs is 1. The average molecular weight is 450 g/mol. The summed E-state index contributed by atoms with van der Waals surface area (Å²) in [6.45, 7) is 4.31. The minimum absolute atomic E-state index is 0.0423. The number of piperazine rings is 1. The number of halogens is 2. The van der Waals surface area contributed by atoms with Gasteiger partial charge in [-0.2, -0.15) is 0 Å². The highest BCUT2D eigenvalue weighted by molar-refractivity contribution is 6.34. The molecular weight excluding hydrogens is 425 g/mol. The highest BCUT2D eigenvalue weighted by Crippen LogP contribution is 2.37. The standard InChI is InChI=1S/C22H25Cl2N3O3/c23-15-1-3-16(4-2-15)27-11-9-26(10-12-27)13-17(28)14-30-20-7-6-19(24)22-18(20)5-8-21(29)25-22/h1-4,6-7,17,28H,5,8-14H2,(H,25,29). The first-order chi connectivity index (χ1) is 14.5. The van der Waals surface area contributed by atoms with Crippen LogP contribution in [0.4, 0.5) is 11.4 Å². The van der Waals surface area contributed by atoms with E-state index in [0.717, 1.165) is 36.8 Å². The fourth-order valence-corrected chi connectivity index (χ4v) is 4.29. The van der Waals surface area contributed by atoms with E-state index >= 15 is 0 Å². The molecule has 0 saturated carbocycles. The van der Waals surface area contributed by atoms with E-state index in [9.17, 15) is 9.90 Å². The van der Waals surface area contributed by atoms with Crippen LogP contribution in [-0.2, 0) is 11.2 Å². The van der Waals surface area contributed by atoms with Gasteiger partial charge in [0.1, 0.15) is 18.5 Å². The van der Waals surface area contributed by atoms with Crippen molar-refractivity contribution in [3.8, 4) is 5.75 Å². The topological polar surface area (TPSA) is 65.0 Å². The summed E-state index contributed by atoms with van der Waals surface area (Å²) in [5.74, 6) is 0.625. The third kappa shape index (κ3) is 5.01. The monoisotopic (exact) mass is 449 g/mol. The maximum Gasteiger partial charge on any atom is 0.224 e. The van der Waals surface area contributed by atoms with Crippen LogP contribution in [0.1, 0.15) is 12.0 Å². The van der Waals surface area contributed by atoms with Gasteiger partial charge in [-0.15, -0.1) is 0 Å². The van der Waals surface area contributed by atoms with E-state index < -0.39 is 6.10 Å². The highest BCUT2D eigenvalue weighted by Gasteiger charge is 2.23. The smallest absolute Gasteiger partial charge is 0.224 e. The van der Waals surface area contributed by atoms with E-state index in [1.165, 1.54) is 5.69 Å². The van der Waals surface area contributed by atoms with E-state index in [4.69, 9.17) is 27.9 Å². The molecule has 4 rings (SSSR count). The Morgan fingerprint density at radius 3 is 2.50 bits per heavy atom. The van der Waals surface area contributed by atoms with E-state index in [1.54, 1.807) is 12.1 Å². The van der Waals surface area contributed by atoms with Crippen molar-refractivity contribution in [2.75, 3.05) is 49.5 Å². The fraction of sp³-hybridized carbons (Fsp3) is 0.409. The molecule has 2 aliphatic heterocycles. The molecule has 1 atom stereocenters. The SMILES string of the molecule is O=C1CCc2c(OCC(O)CN3CCN(c4ccc(Cl)cc4)CC3)ccc(Cl)c2N1. The van der Waals surface area contributed by atoms with Crippen LogP contribution >= 0.6 is 23.2 Å². The second-order valence-electron chi connectivity index (χ2n) is 7.68. The molecule has 8 heteroatoms. The molecule has 1 amide bonds. The third-order valence-corrected chi connectivity index (χ3v) is 6.12. The minimum atomic E-state index is -0.600. The van der Waals surface area contributed by atoms with Gasteiger partial charge in [0.2, 0.25) is 5.91 Å². The van der Waals surface area contributed by atoms with Gasteiger partial charge < -0.3 is 20.1 Å². The van der Waals surface area contributed by atoms with Gasteiger partial charge in [0.15, 0.2) is 0 Å². The van der Waals surface area contributed by atoms with Crippen molar-refractivity contribution in [2.24, 2.45) is 0 Å². The van der Waals surface area contributed by atoms with Crippen molar-refractivity contribution in [1.29, 1.82) is 0 Å². The van der Waals surface area contributed by atoms with Gasteiger partial charge >= 0.3 is 0 Å². The number of nitrogens with one attached hydrogen (secondary N) is 1. The second kappa shape index (κ2) is 9.43. The number of ether oxygens (including phenoxy) is 1. The number of nitrogens with zero attached hydrogens (tertiary/aromatic N) is 2. The minimum Gasteiger partial charge on any atom is -0.490 e. The lowest BCUT2D eigenvalue weighted by atomic mass is 10.0. The van der Waals surface area contributed by atoms with Crippen molar-refractivity contribution in [3.63, 3.8) is 0 Å². The Kier molecular flexibility index (Phi) is 6.68. The van der Waals surface area contributed by atoms with Gasteiger partial charge in [-0.1, -0.05) is 23.2 Å². The van der Waals surface area contributed by atoms with Crippen molar-refractivity contribution >= 4 is 40.5 Å². The molecule has 0 aliphatic carbocycles. The van der Waals surface area contributed by atoms with Crippen LogP contribution in [0.3, 0.4) is 0 Å². The summed E-state index contributed by atoms with van der Waals surface area (Å²) < 4.78 is 5.89. The molecule has 0 aromatic heterocycles. The molecule has 6 nitrogen and oxygen atoms in total. The Hall–Kier alpha value is -1.99. The lowest BCUT2D eigenvalue weighted by Gasteiger charge is -2.37. The number of amides is 1. The first-order valence-electron chi connectivity index (χ1n) is 10.1. The van der Waals surface area contributed by atoms with Crippen molar-refractivity contribution < 1.29 is 14.6 Å². The summed E-state index contributed by atoms with van der Waals surface area (Å²) in [5, 5.41) is 14.5. The van der Waals surface area contributed by atoms with Crippen molar-refractivity contribution in [3.05, 3.63) is 52.0 Å². The van der Waals surface area contributed by atoms with Crippen LogP contribution in [0.25, 0.3) is 0 Å². The summed E-state index contributed by atoms with van der Waals surface area (Å²) in [6.07, 6.45) is 0.390. The molecule has 2 aliphatic rings. The zero-order chi connectivity index (χ0) is 21.1. The largest absolute Gasteiger partial charge is 0.490 e. The number of aliphatic hydroxyl groups is 1. The number of anilines is 2. The van der Waals surface area contributed by atoms with Gasteiger partial charge in [-0.05, 0) is 42.8 Å². The van der Waals surface area contributed by atoms with Crippen molar-refractivity contribution in [1.82, 2.24) is 4.90 Å². The van der Waals surface area contributed by atoms with Gasteiger partial charge in [0.05, 0.1) is 10.7 Å². The third-order valence-electron chi connectivity index (χ3n) is 5.55. The molecule has 30 heavy (non-hydrogen) atoms. The van der Waals surface area contributed by atoms with Gasteiger partial charge in [0.25, 0.3) is 0 Å². The number of β-amino-alcohol motifs (C(OH)–C–C–N with tert-alkyl or cyclic N) is 1. The molecule has 1 fully saturated rings. The number of aliphatic hydroxyl groups excluding tert-OH is 1. The van der Waals surface area contributed by atoms with Crippen LogP contribution in [0.2, 0.25) is 10.0 Å². The lowest BCUT2D eigenvalue weighted by molar-refractivity contribution is -0.116. The molecule has 0 bridgehead atoms. The normalized spacial score (nSPS) is 18.0. The van der Waals surface area contributed by atoms with E-state index in [1.807, 2.05) is 24.3 Å². The molecule has 2 heterocycles. The zero-order valence-electron chi connectivity index (χ0n) is 16.6. The molecular formula is C22H25Cl2N3O3. The lowest BCUT2D eigenvalue weighted by Crippen LogP contribution is -2.49. The van der Waals surface area contributed by atoms with E-state index in [-0.39, 0.29) is 12.5 Å². The Morgan fingerprint density at radius 1 is 1.03 bits per heavy atom. The summed E-state index contributed by atoms with van der Waals surface area (Å²) >= 11 is 12.2. The molecule has 2 N–H and O–H groups in total. The molecule has 2 aromatic carbocycles. The summed E-state index contributed by atoms with van der Waals surface area (Å²) in [4.78, 5) is 16.2. The molecule has 1 unspecified atom stereocenters. The van der Waals surface area contributed by atoms with Crippen molar-refractivity contribution in [2.45, 2.75) is 18.9 Å². The van der Waals surface area contributed by atoms with Crippen LogP contribution in [0.5, 0.6) is 5.75 Å². The van der Waals surface area contributed by atoms with Gasteiger partial charge in [0, 0.05) is 55.4 Å². The predicted molar refractivity (Wildman–Crippen MR) is 120 cm³/mol. The second-order valence-corrected chi connectivity index (χ2v) is 8.52. The van der Waals surface area contributed by atoms with Crippen LogP contribution in [0, 0.1) is 0 Å². The summed E-state index contributed by atoms with van der Waals surface area (Å²) in [5.41, 5.74) is 2.69. The summed E-state index contributed by atoms with van der Waals surface area (Å²) in [7, 11) is 0. The number of hydrogen-bond donors (Lipinski definition) is 2. The quantitative estimate of drug-likeness (QED) is 0.706. The first-order valence-corrected chi connectivity index (χ1v) is 10.9. The van der Waals surface area contributed by atoms with E-state index in [0.29, 0.717) is 35.8 Å². The molecule has 0 spiro atoms. The molecule has 160 valence electrons. The Morgan fingerprint density at radius 2 is 1.77 bits per heavy atom. The number of carbonyl (C=O) groups excluding carboxylic acids is 1. The highest BCUT2D eigenvalue weighted by atomic mass is 35.5. The maximum atomic E-state index is 11.6. The zero-order valence-corrected chi connectivity index (χ0v) is 18.1. The number of hydrogen-bond acceptors (Lipinski definition) is 5. The number of benzene rings is 2. The van der Waals surface area contributed by atoms with Gasteiger partial charge in [-0.3, -0.25) is 9.69 Å². The number of carbonyl (C=O) groups is 1. The molecule has 2 aromatic rings. The molecule has 0 radical (unpaired) electrons. The van der Waals surface area contributed by atoms with E-state index in [2.05, 4.69) is 15.1 Å². The fourth-order valence-electron chi connectivity index (χ4n) is 3.94. The Labute approximate surface area is 186 Å². The van der Waals surface area contributed by atoms with Crippen LogP contribution < -0.4 is 15.0 Å². The predicted octanol–water partition coefficient (Wildman–Crippen LogP) is 3.44. The Bertz CT molecular complexity index is 899. The average Bonchev–Trinajstić information content (AvgIpc) is 2.75. The maximum absolute atomic E-state index is 11.6. The van der Waals surface area contributed by atoms with Crippen LogP contribution in [0.15, 0.2) is 36.4 Å². The molecule has 1 saturated heterocycles. The number of rotatable bonds is 6. The van der Waals surface area contributed by atoms with Gasteiger partial charge in [-0.25, -0.2) is 0 Å². The Balaban J connectivity index is 1.27.